The molecular formula is C13H24N2O4. The molecule has 1 saturated heterocycles. The summed E-state index contributed by atoms with van der Waals surface area (Å²) in [7, 11) is 0. The molecule has 3 N–H and O–H groups in total. The molecule has 0 saturated carbocycles. The Morgan fingerprint density at radius 3 is 2.58 bits per heavy atom. The molecular weight excluding hydrogens is 248 g/mol. The second kappa shape index (κ2) is 8.12. The van der Waals surface area contributed by atoms with Gasteiger partial charge in [0.05, 0.1) is 6.10 Å². The van der Waals surface area contributed by atoms with E-state index in [1.807, 2.05) is 11.8 Å². The van der Waals surface area contributed by atoms with Crippen LogP contribution in [-0.2, 0) is 14.3 Å². The fraction of sp³-hybridized carbons (Fsp3) is 0.846. The number of nitrogens with zero attached hydrogens (tertiary/aromatic N) is 1. The Labute approximate surface area is 113 Å². The van der Waals surface area contributed by atoms with Crippen molar-refractivity contribution in [2.75, 3.05) is 19.7 Å². The number of hydrogen-bond donors (Lipinski definition) is 2. The van der Waals surface area contributed by atoms with Gasteiger partial charge in [-0.3, -0.25) is 4.79 Å². The number of carbonyl (C=O) groups is 2. The van der Waals surface area contributed by atoms with Crippen LogP contribution in [0.4, 0.5) is 0 Å². The van der Waals surface area contributed by atoms with Crippen molar-refractivity contribution in [1.29, 1.82) is 0 Å². The number of piperidine rings is 1. The number of rotatable bonds is 7. The average molecular weight is 272 g/mol. The molecule has 0 aliphatic carbocycles. The van der Waals surface area contributed by atoms with E-state index in [0.717, 1.165) is 12.8 Å². The van der Waals surface area contributed by atoms with E-state index in [-0.39, 0.29) is 24.7 Å². The minimum Gasteiger partial charge on any atom is -0.480 e. The van der Waals surface area contributed by atoms with Gasteiger partial charge in [-0.05, 0) is 32.6 Å². The zero-order chi connectivity index (χ0) is 14.3. The van der Waals surface area contributed by atoms with E-state index in [1.54, 1.807) is 0 Å². The molecule has 0 aromatic carbocycles. The van der Waals surface area contributed by atoms with Gasteiger partial charge in [0.2, 0.25) is 5.91 Å². The van der Waals surface area contributed by atoms with Crippen molar-refractivity contribution < 1.29 is 19.4 Å². The van der Waals surface area contributed by atoms with Crippen LogP contribution in [0.15, 0.2) is 0 Å². The standard InChI is InChI=1S/C13H24N2O4/c1-10(14)3-2-4-12(16)15-7-5-11(6-8-15)19-9-13(17)18/h10-11H,2-9,14H2,1H3,(H,17,18). The molecule has 1 rings (SSSR count). The summed E-state index contributed by atoms with van der Waals surface area (Å²) in [4.78, 5) is 24.1. The van der Waals surface area contributed by atoms with E-state index in [0.29, 0.717) is 32.4 Å². The molecule has 6 heteroatoms. The molecule has 0 bridgehead atoms. The highest BCUT2D eigenvalue weighted by Gasteiger charge is 2.23. The van der Waals surface area contributed by atoms with Crippen LogP contribution < -0.4 is 5.73 Å². The van der Waals surface area contributed by atoms with Gasteiger partial charge in [0.1, 0.15) is 6.61 Å². The van der Waals surface area contributed by atoms with Crippen LogP contribution in [-0.4, -0.2) is 53.7 Å². The summed E-state index contributed by atoms with van der Waals surface area (Å²) in [6.07, 6.45) is 3.63. The van der Waals surface area contributed by atoms with Gasteiger partial charge in [-0.1, -0.05) is 0 Å². The molecule has 19 heavy (non-hydrogen) atoms. The van der Waals surface area contributed by atoms with Crippen molar-refractivity contribution in [3.8, 4) is 0 Å². The van der Waals surface area contributed by atoms with Crippen molar-refractivity contribution in [3.05, 3.63) is 0 Å². The van der Waals surface area contributed by atoms with E-state index >= 15 is 0 Å². The van der Waals surface area contributed by atoms with Gasteiger partial charge >= 0.3 is 5.97 Å². The van der Waals surface area contributed by atoms with Crippen LogP contribution in [0, 0.1) is 0 Å². The molecule has 0 radical (unpaired) electrons. The molecule has 6 nitrogen and oxygen atoms in total. The minimum atomic E-state index is -0.950. The number of aliphatic carboxylic acids is 1. The third kappa shape index (κ3) is 6.54. The maximum atomic E-state index is 11.9. The number of nitrogens with two attached hydrogens (primary N) is 1. The van der Waals surface area contributed by atoms with Gasteiger partial charge in [0.25, 0.3) is 0 Å². The van der Waals surface area contributed by atoms with E-state index in [1.165, 1.54) is 0 Å². The zero-order valence-electron chi connectivity index (χ0n) is 11.5. The van der Waals surface area contributed by atoms with E-state index < -0.39 is 5.97 Å². The molecule has 0 aromatic heterocycles. The second-order valence-electron chi connectivity index (χ2n) is 5.15. The first kappa shape index (κ1) is 15.9. The summed E-state index contributed by atoms with van der Waals surface area (Å²) >= 11 is 0. The number of likely N-dealkylation sites (tertiary alicyclic amines) is 1. The van der Waals surface area contributed by atoms with Crippen LogP contribution in [0.25, 0.3) is 0 Å². The molecule has 1 atom stereocenters. The molecule has 0 spiro atoms. The fourth-order valence-corrected chi connectivity index (χ4v) is 2.19. The molecule has 1 unspecified atom stereocenters. The Morgan fingerprint density at radius 2 is 2.05 bits per heavy atom. The Morgan fingerprint density at radius 1 is 1.42 bits per heavy atom. The summed E-state index contributed by atoms with van der Waals surface area (Å²) in [6.45, 7) is 2.99. The molecule has 1 fully saturated rings. The topological polar surface area (TPSA) is 92.9 Å². The van der Waals surface area contributed by atoms with Gasteiger partial charge < -0.3 is 20.5 Å². The molecule has 1 amide bonds. The van der Waals surface area contributed by atoms with E-state index in [9.17, 15) is 9.59 Å². The number of amides is 1. The lowest BCUT2D eigenvalue weighted by atomic mass is 10.1. The molecule has 1 aliphatic rings. The molecule has 0 aromatic rings. The SMILES string of the molecule is CC(N)CCCC(=O)N1CCC(OCC(=O)O)CC1. The number of hydrogen-bond acceptors (Lipinski definition) is 4. The molecule has 110 valence electrons. The molecule has 1 heterocycles. The van der Waals surface area contributed by atoms with Crippen LogP contribution in [0.1, 0.15) is 39.0 Å². The van der Waals surface area contributed by atoms with Gasteiger partial charge in [-0.2, -0.15) is 0 Å². The Balaban J connectivity index is 2.18. The predicted molar refractivity (Wildman–Crippen MR) is 70.7 cm³/mol. The van der Waals surface area contributed by atoms with Crippen molar-refractivity contribution in [2.24, 2.45) is 5.73 Å². The Hall–Kier alpha value is -1.14. The number of carboxylic acid groups (broad SMARTS) is 1. The van der Waals surface area contributed by atoms with Crippen molar-refractivity contribution in [2.45, 2.75) is 51.2 Å². The highest BCUT2D eigenvalue weighted by Crippen LogP contribution is 2.15. The first-order chi connectivity index (χ1) is 8.99. The summed E-state index contributed by atoms with van der Waals surface area (Å²) in [5.74, 6) is -0.785. The highest BCUT2D eigenvalue weighted by molar-refractivity contribution is 5.76. The normalized spacial score (nSPS) is 18.3. The Bertz CT molecular complexity index is 299. The number of carboxylic acids is 1. The summed E-state index contributed by atoms with van der Waals surface area (Å²) in [5, 5.41) is 8.53. The van der Waals surface area contributed by atoms with Crippen molar-refractivity contribution in [1.82, 2.24) is 4.90 Å². The highest BCUT2D eigenvalue weighted by atomic mass is 16.5. The lowest BCUT2D eigenvalue weighted by Crippen LogP contribution is -2.41. The first-order valence-electron chi connectivity index (χ1n) is 6.85. The second-order valence-corrected chi connectivity index (χ2v) is 5.15. The lowest BCUT2D eigenvalue weighted by Gasteiger charge is -2.31. The maximum Gasteiger partial charge on any atom is 0.329 e. The van der Waals surface area contributed by atoms with Gasteiger partial charge in [-0.25, -0.2) is 4.79 Å². The first-order valence-corrected chi connectivity index (χ1v) is 6.85. The number of carbonyl (C=O) groups excluding carboxylic acids is 1. The zero-order valence-corrected chi connectivity index (χ0v) is 11.5. The summed E-state index contributed by atoms with van der Waals surface area (Å²) in [5.41, 5.74) is 5.64. The third-order valence-electron chi connectivity index (χ3n) is 3.29. The molecule has 1 aliphatic heterocycles. The number of ether oxygens (including phenoxy) is 1. The van der Waals surface area contributed by atoms with E-state index in [2.05, 4.69) is 0 Å². The van der Waals surface area contributed by atoms with Crippen LogP contribution in [0.5, 0.6) is 0 Å². The maximum absolute atomic E-state index is 11.9. The Kier molecular flexibility index (Phi) is 6.80. The van der Waals surface area contributed by atoms with Crippen molar-refractivity contribution >= 4 is 11.9 Å². The smallest absolute Gasteiger partial charge is 0.329 e. The fourth-order valence-electron chi connectivity index (χ4n) is 2.19. The lowest BCUT2D eigenvalue weighted by molar-refractivity contribution is -0.146. The largest absolute Gasteiger partial charge is 0.480 e. The predicted octanol–water partition coefficient (Wildman–Crippen LogP) is 0.596. The average Bonchev–Trinajstić information content (AvgIpc) is 2.36. The van der Waals surface area contributed by atoms with Crippen molar-refractivity contribution in [3.63, 3.8) is 0 Å². The monoisotopic (exact) mass is 272 g/mol. The quantitative estimate of drug-likeness (QED) is 0.708. The van der Waals surface area contributed by atoms with Gasteiger partial charge in [0, 0.05) is 25.6 Å². The minimum absolute atomic E-state index is 0.0378. The van der Waals surface area contributed by atoms with Crippen LogP contribution in [0.2, 0.25) is 0 Å². The van der Waals surface area contributed by atoms with E-state index in [4.69, 9.17) is 15.6 Å². The van der Waals surface area contributed by atoms with Gasteiger partial charge in [0.15, 0.2) is 0 Å². The third-order valence-corrected chi connectivity index (χ3v) is 3.29. The van der Waals surface area contributed by atoms with Gasteiger partial charge in [-0.15, -0.1) is 0 Å². The van der Waals surface area contributed by atoms with Crippen LogP contribution >= 0.6 is 0 Å². The summed E-state index contributed by atoms with van der Waals surface area (Å²) < 4.78 is 5.23. The summed E-state index contributed by atoms with van der Waals surface area (Å²) in [6, 6.07) is 0.142. The van der Waals surface area contributed by atoms with Crippen LogP contribution in [0.3, 0.4) is 0 Å².